The third-order valence-electron chi connectivity index (χ3n) is 4.58. The van der Waals surface area contributed by atoms with Crippen LogP contribution in [0.2, 0.25) is 0 Å². The summed E-state index contributed by atoms with van der Waals surface area (Å²) >= 11 is 0. The number of nitrogens with one attached hydrogen (secondary N) is 3. The number of carbonyl (C=O) groups is 4. The van der Waals surface area contributed by atoms with Gasteiger partial charge in [0, 0.05) is 6.04 Å². The summed E-state index contributed by atoms with van der Waals surface area (Å²) in [4.78, 5) is 50.0. The minimum atomic E-state index is -1.31. The van der Waals surface area contributed by atoms with Gasteiger partial charge in [0.1, 0.15) is 12.1 Å². The van der Waals surface area contributed by atoms with Gasteiger partial charge in [-0.1, -0.05) is 42.5 Å². The normalized spacial score (nSPS) is 19.1. The van der Waals surface area contributed by atoms with Crippen molar-refractivity contribution in [1.82, 2.24) is 20.9 Å². The van der Waals surface area contributed by atoms with Gasteiger partial charge < -0.3 is 10.6 Å². The van der Waals surface area contributed by atoms with E-state index >= 15 is 0 Å². The second-order valence-corrected chi connectivity index (χ2v) is 7.15. The van der Waals surface area contributed by atoms with Gasteiger partial charge in [-0.3, -0.25) is 19.8 Å². The molecule has 0 spiro atoms. The third-order valence-corrected chi connectivity index (χ3v) is 4.58. The number of hydrogen-bond acceptors (Lipinski definition) is 4. The zero-order valence-electron chi connectivity index (χ0n) is 15.9. The van der Waals surface area contributed by atoms with Crippen LogP contribution in [0.25, 0.3) is 10.8 Å². The van der Waals surface area contributed by atoms with Crippen LogP contribution in [0.3, 0.4) is 0 Å². The van der Waals surface area contributed by atoms with Gasteiger partial charge in [-0.2, -0.15) is 0 Å². The molecule has 1 fully saturated rings. The quantitative estimate of drug-likeness (QED) is 0.701. The van der Waals surface area contributed by atoms with Gasteiger partial charge in [0.25, 0.3) is 5.91 Å². The summed E-state index contributed by atoms with van der Waals surface area (Å²) in [7, 11) is 0. The number of imide groups is 2. The largest absolute Gasteiger partial charge is 0.336 e. The number of rotatable bonds is 4. The van der Waals surface area contributed by atoms with Crippen molar-refractivity contribution in [3.63, 3.8) is 0 Å². The van der Waals surface area contributed by atoms with E-state index in [0.29, 0.717) is 5.56 Å². The lowest BCUT2D eigenvalue weighted by Crippen LogP contribution is -2.48. The number of hydrogen-bond donors (Lipinski definition) is 3. The van der Waals surface area contributed by atoms with Crippen LogP contribution in [0.1, 0.15) is 26.3 Å². The van der Waals surface area contributed by atoms with Crippen LogP contribution < -0.4 is 16.0 Å². The van der Waals surface area contributed by atoms with Gasteiger partial charge in [-0.15, -0.1) is 0 Å². The highest BCUT2D eigenvalue weighted by atomic mass is 16.2. The van der Waals surface area contributed by atoms with Crippen molar-refractivity contribution in [3.05, 3.63) is 48.0 Å². The number of fused-ring (bicyclic) bond motifs is 1. The van der Waals surface area contributed by atoms with Gasteiger partial charge >= 0.3 is 12.1 Å². The molecule has 8 nitrogen and oxygen atoms in total. The van der Waals surface area contributed by atoms with Crippen molar-refractivity contribution in [2.75, 3.05) is 6.54 Å². The average molecular weight is 382 g/mol. The summed E-state index contributed by atoms with van der Waals surface area (Å²) in [5.41, 5.74) is -0.664. The molecule has 28 heavy (non-hydrogen) atoms. The van der Waals surface area contributed by atoms with Crippen LogP contribution in [0.4, 0.5) is 9.59 Å². The molecule has 0 aliphatic carbocycles. The highest BCUT2D eigenvalue weighted by molar-refractivity contribution is 6.11. The second-order valence-electron chi connectivity index (χ2n) is 7.15. The Labute approximate surface area is 162 Å². The fourth-order valence-corrected chi connectivity index (χ4v) is 3.29. The number of benzene rings is 2. The summed E-state index contributed by atoms with van der Waals surface area (Å²) in [5.74, 6) is -1.29. The van der Waals surface area contributed by atoms with Crippen LogP contribution in [0, 0.1) is 0 Å². The molecule has 1 saturated heterocycles. The molecule has 6 amide bonds. The molecule has 2 aromatic rings. The van der Waals surface area contributed by atoms with Gasteiger partial charge in [-0.25, -0.2) is 9.59 Å². The Hall–Kier alpha value is -3.42. The van der Waals surface area contributed by atoms with Crippen molar-refractivity contribution in [2.45, 2.75) is 32.4 Å². The predicted molar refractivity (Wildman–Crippen MR) is 103 cm³/mol. The first-order chi connectivity index (χ1) is 13.2. The summed E-state index contributed by atoms with van der Waals surface area (Å²) in [6.45, 7) is 4.56. The van der Waals surface area contributed by atoms with Crippen molar-refractivity contribution in [3.8, 4) is 0 Å². The standard InChI is InChI=1S/C20H22N4O4/c1-12(2)21-18(27)22-16(25)11-24-17(26)20(3,23-19(24)28)15-10-6-8-13-7-4-5-9-14(13)15/h4-10,12H,11H2,1-3H3,(H,23,28)(H2,21,22,25,27). The minimum absolute atomic E-state index is 0.154. The molecule has 3 rings (SSSR count). The van der Waals surface area contributed by atoms with E-state index in [4.69, 9.17) is 0 Å². The molecule has 2 aromatic carbocycles. The Morgan fingerprint density at radius 2 is 1.79 bits per heavy atom. The Kier molecular flexibility index (Phi) is 5.04. The second kappa shape index (κ2) is 7.30. The molecule has 0 bridgehead atoms. The van der Waals surface area contributed by atoms with E-state index in [-0.39, 0.29) is 6.04 Å². The first-order valence-corrected chi connectivity index (χ1v) is 8.95. The zero-order chi connectivity index (χ0) is 20.5. The molecule has 1 heterocycles. The molecule has 8 heteroatoms. The van der Waals surface area contributed by atoms with Crippen molar-refractivity contribution in [2.24, 2.45) is 0 Å². The molecule has 146 valence electrons. The average Bonchev–Trinajstić information content (AvgIpc) is 2.84. The first-order valence-electron chi connectivity index (χ1n) is 8.95. The maximum atomic E-state index is 13.0. The van der Waals surface area contributed by atoms with Crippen molar-refractivity contribution in [1.29, 1.82) is 0 Å². The zero-order valence-corrected chi connectivity index (χ0v) is 15.9. The van der Waals surface area contributed by atoms with Crippen molar-refractivity contribution >= 4 is 34.6 Å². The Morgan fingerprint density at radius 3 is 2.50 bits per heavy atom. The topological polar surface area (TPSA) is 108 Å². The lowest BCUT2D eigenvalue weighted by molar-refractivity contribution is -0.134. The van der Waals surface area contributed by atoms with Gasteiger partial charge in [-0.05, 0) is 37.1 Å². The molecule has 1 aliphatic rings. The highest BCUT2D eigenvalue weighted by Gasteiger charge is 2.50. The monoisotopic (exact) mass is 382 g/mol. The Morgan fingerprint density at radius 1 is 1.11 bits per heavy atom. The Bertz CT molecular complexity index is 966. The molecular weight excluding hydrogens is 360 g/mol. The van der Waals surface area contributed by atoms with E-state index in [2.05, 4.69) is 16.0 Å². The third kappa shape index (κ3) is 3.53. The van der Waals surface area contributed by atoms with Crippen LogP contribution in [-0.2, 0) is 15.1 Å². The number of amides is 6. The van der Waals surface area contributed by atoms with E-state index in [0.717, 1.165) is 15.7 Å². The maximum absolute atomic E-state index is 13.0. The smallest absolute Gasteiger partial charge is 0.325 e. The van der Waals surface area contributed by atoms with E-state index < -0.39 is 36.0 Å². The fourth-order valence-electron chi connectivity index (χ4n) is 3.29. The van der Waals surface area contributed by atoms with Gasteiger partial charge in [0.05, 0.1) is 0 Å². The minimum Gasteiger partial charge on any atom is -0.336 e. The highest BCUT2D eigenvalue weighted by Crippen LogP contribution is 2.33. The van der Waals surface area contributed by atoms with Crippen LogP contribution in [-0.4, -0.2) is 41.4 Å². The van der Waals surface area contributed by atoms with E-state index in [1.807, 2.05) is 36.4 Å². The van der Waals surface area contributed by atoms with Crippen LogP contribution in [0.5, 0.6) is 0 Å². The van der Waals surface area contributed by atoms with E-state index in [1.165, 1.54) is 0 Å². The molecule has 0 radical (unpaired) electrons. The molecule has 1 atom stereocenters. The molecule has 1 unspecified atom stereocenters. The number of carbonyl (C=O) groups excluding carboxylic acids is 4. The number of nitrogens with zero attached hydrogens (tertiary/aromatic N) is 1. The Balaban J connectivity index is 1.83. The first kappa shape index (κ1) is 19.3. The molecule has 1 aliphatic heterocycles. The van der Waals surface area contributed by atoms with E-state index in [9.17, 15) is 19.2 Å². The summed E-state index contributed by atoms with van der Waals surface area (Å²) < 4.78 is 0. The summed E-state index contributed by atoms with van der Waals surface area (Å²) in [6.07, 6.45) is 0. The number of urea groups is 2. The molecular formula is C20H22N4O4. The lowest BCUT2D eigenvalue weighted by Gasteiger charge is -2.24. The van der Waals surface area contributed by atoms with Gasteiger partial charge in [0.2, 0.25) is 5.91 Å². The summed E-state index contributed by atoms with van der Waals surface area (Å²) in [6, 6.07) is 11.5. The molecule has 0 saturated carbocycles. The lowest BCUT2D eigenvalue weighted by atomic mass is 9.88. The van der Waals surface area contributed by atoms with Crippen LogP contribution >= 0.6 is 0 Å². The maximum Gasteiger partial charge on any atom is 0.325 e. The molecule has 3 N–H and O–H groups in total. The van der Waals surface area contributed by atoms with E-state index in [1.54, 1.807) is 26.8 Å². The van der Waals surface area contributed by atoms with Gasteiger partial charge in [0.15, 0.2) is 0 Å². The van der Waals surface area contributed by atoms with Crippen LogP contribution in [0.15, 0.2) is 42.5 Å². The fraction of sp³-hybridized carbons (Fsp3) is 0.300. The molecule has 0 aromatic heterocycles. The van der Waals surface area contributed by atoms with Crippen molar-refractivity contribution < 1.29 is 19.2 Å². The predicted octanol–water partition coefficient (Wildman–Crippen LogP) is 1.84. The summed E-state index contributed by atoms with van der Waals surface area (Å²) in [5, 5.41) is 9.08. The SMILES string of the molecule is CC(C)NC(=O)NC(=O)CN1C(=O)NC(C)(c2cccc3ccccc23)C1=O.